The topological polar surface area (TPSA) is 3.24 Å². The summed E-state index contributed by atoms with van der Waals surface area (Å²) in [6.45, 7) is 8.40. The molecule has 0 rings (SSSR count). The Morgan fingerprint density at radius 3 is 2.00 bits per heavy atom. The van der Waals surface area contributed by atoms with Crippen LogP contribution in [0.3, 0.4) is 0 Å². The van der Waals surface area contributed by atoms with Crippen molar-refractivity contribution >= 4 is 0 Å². The van der Waals surface area contributed by atoms with Gasteiger partial charge in [-0.1, -0.05) is 20.3 Å². The lowest BCUT2D eigenvalue weighted by atomic mass is 9.92. The molecular formula is C9H20N. The van der Waals surface area contributed by atoms with Gasteiger partial charge in [-0.05, 0) is 33.9 Å². The van der Waals surface area contributed by atoms with Gasteiger partial charge in [0.1, 0.15) is 0 Å². The molecule has 0 aliphatic rings. The summed E-state index contributed by atoms with van der Waals surface area (Å²) in [5.74, 6) is 0. The van der Waals surface area contributed by atoms with Crippen molar-refractivity contribution < 1.29 is 0 Å². The lowest BCUT2D eigenvalue weighted by molar-refractivity contribution is 0.155. The van der Waals surface area contributed by atoms with Gasteiger partial charge in [0.2, 0.25) is 0 Å². The van der Waals surface area contributed by atoms with Gasteiger partial charge in [-0.25, -0.2) is 0 Å². The third kappa shape index (κ3) is 2.30. The summed E-state index contributed by atoms with van der Waals surface area (Å²) < 4.78 is 0. The summed E-state index contributed by atoms with van der Waals surface area (Å²) in [4.78, 5) is 2.29. The van der Waals surface area contributed by atoms with E-state index in [0.29, 0.717) is 5.54 Å². The van der Waals surface area contributed by atoms with Crippen LogP contribution in [-0.4, -0.2) is 24.5 Å². The fraction of sp³-hybridized carbons (Fsp3) is 0.889. The van der Waals surface area contributed by atoms with E-state index in [2.05, 4.69) is 39.8 Å². The summed E-state index contributed by atoms with van der Waals surface area (Å²) in [6, 6.07) is 0. The first-order valence-electron chi connectivity index (χ1n) is 4.03. The van der Waals surface area contributed by atoms with Gasteiger partial charge in [-0.3, -0.25) is 0 Å². The van der Waals surface area contributed by atoms with Crippen LogP contribution in [0.4, 0.5) is 0 Å². The quantitative estimate of drug-likeness (QED) is 0.582. The molecule has 0 aliphatic carbocycles. The van der Waals surface area contributed by atoms with Gasteiger partial charge in [-0.2, -0.15) is 0 Å². The third-order valence-corrected chi connectivity index (χ3v) is 2.56. The van der Waals surface area contributed by atoms with Crippen molar-refractivity contribution in [2.75, 3.05) is 14.1 Å². The first kappa shape index (κ1) is 9.96. The van der Waals surface area contributed by atoms with Crippen LogP contribution in [0.5, 0.6) is 0 Å². The van der Waals surface area contributed by atoms with E-state index >= 15 is 0 Å². The minimum atomic E-state index is 0.363. The van der Waals surface area contributed by atoms with Crippen molar-refractivity contribution in [1.82, 2.24) is 4.90 Å². The standard InChI is InChI=1S/C9H20N/c1-6-8-9(3,7-2)10(4)5/h1,6-8H2,2-5H3. The zero-order valence-electron chi connectivity index (χ0n) is 7.78. The van der Waals surface area contributed by atoms with Crippen LogP contribution in [0.15, 0.2) is 0 Å². The molecule has 0 spiro atoms. The second-order valence-corrected chi connectivity index (χ2v) is 3.35. The van der Waals surface area contributed by atoms with Gasteiger partial charge in [0, 0.05) is 5.54 Å². The van der Waals surface area contributed by atoms with Gasteiger partial charge in [0.25, 0.3) is 0 Å². The minimum absolute atomic E-state index is 0.363. The molecule has 1 radical (unpaired) electrons. The molecule has 0 saturated carbocycles. The van der Waals surface area contributed by atoms with E-state index in [1.165, 1.54) is 12.8 Å². The fourth-order valence-corrected chi connectivity index (χ4v) is 1.10. The Hall–Kier alpha value is -0.0400. The lowest BCUT2D eigenvalue weighted by Crippen LogP contribution is -2.40. The number of nitrogens with zero attached hydrogens (tertiary/aromatic N) is 1. The van der Waals surface area contributed by atoms with Gasteiger partial charge in [0.05, 0.1) is 0 Å². The van der Waals surface area contributed by atoms with Crippen molar-refractivity contribution in [3.8, 4) is 0 Å². The highest BCUT2D eigenvalue weighted by atomic mass is 15.1. The molecule has 1 heteroatoms. The van der Waals surface area contributed by atoms with Gasteiger partial charge < -0.3 is 4.90 Å². The highest BCUT2D eigenvalue weighted by Gasteiger charge is 2.22. The Morgan fingerprint density at radius 1 is 1.40 bits per heavy atom. The molecule has 0 aromatic rings. The molecule has 0 aliphatic heterocycles. The van der Waals surface area contributed by atoms with Crippen LogP contribution >= 0.6 is 0 Å². The van der Waals surface area contributed by atoms with Crippen LogP contribution in [0.2, 0.25) is 0 Å². The zero-order valence-corrected chi connectivity index (χ0v) is 7.78. The number of rotatable bonds is 4. The van der Waals surface area contributed by atoms with Crippen molar-refractivity contribution in [3.63, 3.8) is 0 Å². The average molecular weight is 142 g/mol. The summed E-state index contributed by atoms with van der Waals surface area (Å²) in [5.41, 5.74) is 0.363. The highest BCUT2D eigenvalue weighted by molar-refractivity contribution is 4.80. The molecular weight excluding hydrogens is 122 g/mol. The number of hydrogen-bond donors (Lipinski definition) is 0. The highest BCUT2D eigenvalue weighted by Crippen LogP contribution is 2.21. The Labute approximate surface area is 65.4 Å². The second kappa shape index (κ2) is 3.97. The first-order valence-corrected chi connectivity index (χ1v) is 4.03. The average Bonchev–Trinajstić information content (AvgIpc) is 1.88. The van der Waals surface area contributed by atoms with Gasteiger partial charge in [0.15, 0.2) is 0 Å². The van der Waals surface area contributed by atoms with E-state index < -0.39 is 0 Å². The summed E-state index contributed by atoms with van der Waals surface area (Å²) in [7, 11) is 4.28. The molecule has 1 unspecified atom stereocenters. The zero-order chi connectivity index (χ0) is 8.20. The van der Waals surface area contributed by atoms with Crippen LogP contribution in [-0.2, 0) is 0 Å². The summed E-state index contributed by atoms with van der Waals surface area (Å²) >= 11 is 0. The molecule has 0 N–H and O–H groups in total. The molecule has 0 fully saturated rings. The van der Waals surface area contributed by atoms with Gasteiger partial charge >= 0.3 is 0 Å². The van der Waals surface area contributed by atoms with Crippen molar-refractivity contribution in [2.24, 2.45) is 0 Å². The molecule has 0 aromatic heterocycles. The van der Waals surface area contributed by atoms with Crippen LogP contribution in [0, 0.1) is 6.92 Å². The molecule has 0 saturated heterocycles. The molecule has 1 atom stereocenters. The Balaban J connectivity index is 3.94. The van der Waals surface area contributed by atoms with E-state index in [1.807, 2.05) is 0 Å². The summed E-state index contributed by atoms with van der Waals surface area (Å²) in [6.07, 6.45) is 3.43. The van der Waals surface area contributed by atoms with Gasteiger partial charge in [-0.15, -0.1) is 0 Å². The van der Waals surface area contributed by atoms with Crippen LogP contribution < -0.4 is 0 Å². The van der Waals surface area contributed by atoms with Crippen LogP contribution in [0.25, 0.3) is 0 Å². The molecule has 10 heavy (non-hydrogen) atoms. The normalized spacial score (nSPS) is 17.4. The molecule has 0 aromatic carbocycles. The maximum Gasteiger partial charge on any atom is 0.0172 e. The molecule has 0 amide bonds. The van der Waals surface area contributed by atoms with Crippen molar-refractivity contribution in [2.45, 2.75) is 38.6 Å². The maximum absolute atomic E-state index is 3.87. The molecule has 1 nitrogen and oxygen atoms in total. The molecule has 0 heterocycles. The molecule has 61 valence electrons. The Kier molecular flexibility index (Phi) is 3.95. The Bertz CT molecular complexity index is 88.7. The molecule has 0 bridgehead atoms. The predicted molar refractivity (Wildman–Crippen MR) is 47.0 cm³/mol. The number of hydrogen-bond acceptors (Lipinski definition) is 1. The second-order valence-electron chi connectivity index (χ2n) is 3.35. The SMILES string of the molecule is [CH2]CCC(C)(CC)N(C)C. The third-order valence-electron chi connectivity index (χ3n) is 2.56. The Morgan fingerprint density at radius 2 is 1.90 bits per heavy atom. The smallest absolute Gasteiger partial charge is 0.0172 e. The fourth-order valence-electron chi connectivity index (χ4n) is 1.10. The van der Waals surface area contributed by atoms with E-state index in [-0.39, 0.29) is 0 Å². The minimum Gasteiger partial charge on any atom is -0.304 e. The van der Waals surface area contributed by atoms with Crippen molar-refractivity contribution in [1.29, 1.82) is 0 Å². The maximum atomic E-state index is 3.87. The van der Waals surface area contributed by atoms with Crippen molar-refractivity contribution in [3.05, 3.63) is 6.92 Å². The predicted octanol–water partition coefficient (Wildman–Crippen LogP) is 2.33. The summed E-state index contributed by atoms with van der Waals surface area (Å²) in [5, 5.41) is 0. The van der Waals surface area contributed by atoms with E-state index in [9.17, 15) is 0 Å². The largest absolute Gasteiger partial charge is 0.304 e. The monoisotopic (exact) mass is 142 g/mol. The van der Waals surface area contributed by atoms with E-state index in [0.717, 1.165) is 6.42 Å². The lowest BCUT2D eigenvalue weighted by Gasteiger charge is -2.35. The van der Waals surface area contributed by atoms with E-state index in [4.69, 9.17) is 0 Å². The van der Waals surface area contributed by atoms with E-state index in [1.54, 1.807) is 0 Å². The van der Waals surface area contributed by atoms with Crippen LogP contribution in [0.1, 0.15) is 33.1 Å². The first-order chi connectivity index (χ1) is 4.56.